The van der Waals surface area contributed by atoms with Gasteiger partial charge in [-0.05, 0) is 231 Å². The minimum Gasteiger partial charge on any atom is -0.480 e. The van der Waals surface area contributed by atoms with E-state index in [4.69, 9.17) is 32.2 Å². The minimum atomic E-state index is -0.792. The second kappa shape index (κ2) is 56.5. The number of thiophene rings is 5. The summed E-state index contributed by atoms with van der Waals surface area (Å²) in [6.45, 7) is 26.9. The molecule has 5 aromatic heterocycles. The first-order valence-corrected chi connectivity index (χ1v) is 55.0. The molecule has 708 valence electrons. The quantitative estimate of drug-likeness (QED) is 0.0161. The summed E-state index contributed by atoms with van der Waals surface area (Å²) < 4.78 is 0. The van der Waals surface area contributed by atoms with Crippen LogP contribution in [0.4, 0.5) is 28.4 Å². The lowest BCUT2D eigenvalue weighted by atomic mass is 10.1. The molecule has 0 bridgehead atoms. The number of anilines is 5. The molecule has 0 saturated carbocycles. The molecule has 10 aromatic rings. The van der Waals surface area contributed by atoms with Crippen molar-refractivity contribution in [3.8, 4) is 0 Å². The van der Waals surface area contributed by atoms with Crippen LogP contribution in [0.5, 0.6) is 0 Å². The number of hydrogen-bond donors (Lipinski definition) is 6. The van der Waals surface area contributed by atoms with E-state index < -0.39 is 5.97 Å². The van der Waals surface area contributed by atoms with Crippen LogP contribution in [0.25, 0.3) is 0 Å². The number of nitrogens with zero attached hydrogens (tertiary/aromatic N) is 9. The third kappa shape index (κ3) is 32.6. The van der Waals surface area contributed by atoms with Crippen molar-refractivity contribution in [1.82, 2.24) is 19.6 Å². The number of carboxylic acids is 1. The number of hydrogen-bond acceptors (Lipinski definition) is 25. The van der Waals surface area contributed by atoms with Gasteiger partial charge < -0.3 is 71.4 Å². The monoisotopic (exact) mass is 1950 g/mol. The Labute approximate surface area is 827 Å². The maximum absolute atomic E-state index is 10.8. The van der Waals surface area contributed by atoms with Gasteiger partial charge >= 0.3 is 5.97 Å². The third-order valence-electron chi connectivity index (χ3n) is 24.5. The number of fused-ring (bicyclic) bond motifs is 5. The summed E-state index contributed by atoms with van der Waals surface area (Å²) >= 11 is 17.9. The number of nitrogens with one attached hydrogen (secondary N) is 5. The Morgan fingerprint density at radius 2 is 0.710 bits per heavy atom. The van der Waals surface area contributed by atoms with Crippen molar-refractivity contribution < 1.29 is 9.90 Å². The van der Waals surface area contributed by atoms with Crippen LogP contribution >= 0.6 is 115 Å². The molecule has 5 aromatic carbocycles. The summed E-state index contributed by atoms with van der Waals surface area (Å²) in [6, 6.07) is 54.7. The third-order valence-corrected chi connectivity index (χ3v) is 34.2. The van der Waals surface area contributed by atoms with Gasteiger partial charge in [-0.2, -0.15) is 0 Å². The molecule has 6 N–H and O–H groups in total. The van der Waals surface area contributed by atoms with Gasteiger partial charge in [0.05, 0.1) is 63.5 Å². The molecule has 7 aliphatic heterocycles. The number of carboxylic acid groups (broad SMARTS) is 1. The lowest BCUT2D eigenvalue weighted by molar-refractivity contribution is -0.137. The lowest BCUT2D eigenvalue weighted by Crippen LogP contribution is -2.39. The molecule has 16 nitrogen and oxygen atoms in total. The summed E-state index contributed by atoms with van der Waals surface area (Å²) in [6.07, 6.45) is 16.9. The zero-order valence-corrected chi connectivity index (χ0v) is 83.1. The van der Waals surface area contributed by atoms with E-state index in [1.807, 2.05) is 158 Å². The van der Waals surface area contributed by atoms with E-state index in [-0.39, 0.29) is 36.3 Å². The Hall–Kier alpha value is -6.99. The van der Waals surface area contributed by atoms with Crippen molar-refractivity contribution in [1.29, 1.82) is 27.0 Å². The number of thioether (sulfide) groups is 5. The van der Waals surface area contributed by atoms with Crippen LogP contribution in [-0.4, -0.2) is 232 Å². The molecule has 131 heavy (non-hydrogen) atoms. The predicted octanol–water partition coefficient (Wildman–Crippen LogP) is 25.8. The van der Waals surface area contributed by atoms with Gasteiger partial charge in [0.2, 0.25) is 0 Å². The van der Waals surface area contributed by atoms with Gasteiger partial charge in [-0.25, -0.2) is 0 Å². The lowest BCUT2D eigenvalue weighted by Gasteiger charge is -2.34. The van der Waals surface area contributed by atoms with Crippen molar-refractivity contribution >= 4 is 178 Å². The zero-order chi connectivity index (χ0) is 88.6. The average Bonchev–Trinajstić information content (AvgIpc) is 1.00. The Morgan fingerprint density at radius 3 is 1.02 bits per heavy atom. The maximum Gasteiger partial charge on any atom is 0.317 e. The molecule has 2 saturated heterocycles. The van der Waals surface area contributed by atoms with Gasteiger partial charge in [-0.15, -0.1) is 115 Å². The van der Waals surface area contributed by atoms with Crippen LogP contribution in [-0.2, 0) is 36.9 Å². The highest BCUT2D eigenvalue weighted by atomic mass is 32.2. The number of likely N-dealkylation sites (N-methyl/N-ethyl adjacent to an activating group) is 2. The first-order valence-electron chi connectivity index (χ1n) is 45.7. The fourth-order valence-electron chi connectivity index (χ4n) is 17.3. The molecule has 7 aliphatic rings. The van der Waals surface area contributed by atoms with Gasteiger partial charge in [0.15, 0.2) is 0 Å². The van der Waals surface area contributed by atoms with E-state index in [9.17, 15) is 4.79 Å². The smallest absolute Gasteiger partial charge is 0.317 e. The minimum absolute atomic E-state index is 0. The summed E-state index contributed by atoms with van der Waals surface area (Å²) in [5.41, 5.74) is 16.5. The molecule has 12 heterocycles. The molecule has 2 fully saturated rings. The van der Waals surface area contributed by atoms with Gasteiger partial charge in [-0.3, -0.25) is 9.69 Å². The van der Waals surface area contributed by atoms with E-state index in [0.29, 0.717) is 24.3 Å². The second-order valence-electron chi connectivity index (χ2n) is 33.5. The predicted molar refractivity (Wildman–Crippen MR) is 586 cm³/mol. The highest BCUT2D eigenvalue weighted by Gasteiger charge is 2.28. The van der Waals surface area contributed by atoms with Crippen LogP contribution in [0.15, 0.2) is 203 Å². The van der Waals surface area contributed by atoms with Crippen molar-refractivity contribution in [2.45, 2.75) is 177 Å². The highest BCUT2D eigenvalue weighted by molar-refractivity contribution is 8.00. The molecule has 1 atom stereocenters. The number of carbonyl (C=O) groups is 1. The first kappa shape index (κ1) is 108. The fourth-order valence-corrected chi connectivity index (χ4v) is 26.2. The summed E-state index contributed by atoms with van der Waals surface area (Å²) in [5.74, 6) is 4.89. The molecule has 0 spiro atoms. The topological polar surface area (TPSA) is 186 Å². The number of likely N-dealkylation sites (tertiary alicyclic amines) is 2. The van der Waals surface area contributed by atoms with E-state index in [1.54, 1.807) is 56.7 Å². The second-order valence-corrected chi connectivity index (χ2v) is 44.0. The number of benzene rings is 5. The standard InChI is InChI=1S/2C21H27N3S2.C20H27N3S2.C20H26N2S2.C19H23N3O2S2.4CH4/c1-23-9-2-4-17(23)8-10-24-11-13-26-21-15-16(6-7-19(21)24)14-18(22)20-5-3-12-25-20;22-18(20-5-4-13-25-20)15-17-6-7-19-21(16-17)26-14-12-24(19)11-10-23-8-2-1-3-9-23;1-3-22(4-2)9-10-23-11-13-25-20-15-16(7-8-18(20)23)14-17(21)19-6-5-12-24-19;1-2-3-4-5-10-22-11-13-24-20-15-16(8-9-18(20)22)14-17(21)19-7-6-12-23-19;1-21(13-19(23)24)6-7-22-8-10-26-18-12-14(4-5-16(18)22)11-15(20)17-3-2-9-25-17;;;;/h3,5-7,12,15,17,22H,2,4,8-11,13-14H2,1H3;4-7,13,16,22H,1-3,8-12,14-15H2;5-8,12,15,21H,3-4,9-11,13-14H2,1-2H3;6-9,12,15,21H,2-5,10-11,13-14H2,1H3;2-5,9,12,20H,6-8,10-11,13H2,1H3,(H,23,24);4*1H4. The molecule has 1 unspecified atom stereocenters. The first-order chi connectivity index (χ1) is 62.0. The van der Waals surface area contributed by atoms with Crippen LogP contribution in [0.3, 0.4) is 0 Å². The van der Waals surface area contributed by atoms with Crippen molar-refractivity contribution in [2.75, 3.05) is 192 Å². The number of aliphatic carboxylic acids is 1. The Balaban J connectivity index is 0.000000183. The van der Waals surface area contributed by atoms with E-state index in [1.165, 1.54) is 195 Å². The van der Waals surface area contributed by atoms with Crippen molar-refractivity contribution in [3.63, 3.8) is 0 Å². The zero-order valence-electron chi connectivity index (χ0n) is 74.9. The Kier molecular flexibility index (Phi) is 46.5. The van der Waals surface area contributed by atoms with Crippen LogP contribution in [0.2, 0.25) is 0 Å². The van der Waals surface area contributed by atoms with E-state index in [2.05, 4.69) is 158 Å². The summed E-state index contributed by atoms with van der Waals surface area (Å²) in [4.78, 5) is 45.0. The van der Waals surface area contributed by atoms with Gasteiger partial charge in [0, 0.05) is 201 Å². The Morgan fingerprint density at radius 1 is 0.382 bits per heavy atom. The largest absolute Gasteiger partial charge is 0.480 e. The molecular formula is C105H146N14O2S10. The summed E-state index contributed by atoms with van der Waals surface area (Å²) in [5, 5.41) is 60.6. The molecule has 26 heteroatoms. The van der Waals surface area contributed by atoms with Gasteiger partial charge in [0.1, 0.15) is 0 Å². The molecule has 17 rings (SSSR count). The number of unbranched alkanes of at least 4 members (excludes halogenated alkanes) is 3. The number of piperidine rings is 1. The average molecular weight is 1960 g/mol. The maximum atomic E-state index is 10.8. The van der Waals surface area contributed by atoms with Gasteiger partial charge in [-0.1, -0.05) is 137 Å². The molecule has 0 amide bonds. The van der Waals surface area contributed by atoms with Crippen LogP contribution in [0, 0.1) is 27.0 Å². The van der Waals surface area contributed by atoms with Crippen molar-refractivity contribution in [2.24, 2.45) is 0 Å². The van der Waals surface area contributed by atoms with Crippen LogP contribution < -0.4 is 24.5 Å². The highest BCUT2D eigenvalue weighted by Crippen LogP contribution is 2.42. The van der Waals surface area contributed by atoms with Crippen LogP contribution in [0.1, 0.15) is 167 Å². The molecule has 0 radical (unpaired) electrons. The SMILES string of the molecule is C.C.C.C.CCCCCCN1CCSc2cc(CC(=N)c3cccs3)ccc21.CCN(CC)CCN1CCSc2cc(CC(=N)c3cccs3)ccc21.CN(CCN1CCSc2cc(CC(=N)c3cccs3)ccc21)CC(=O)O.CN1CCCC1CCN1CCSc2cc(CC(=N)c3cccs3)ccc21.N=C(Cc1ccc2c(c1)SCCN2CCN1CCCCC1)c1cccs1. The number of rotatable bonds is 36. The van der Waals surface area contributed by atoms with E-state index >= 15 is 0 Å². The van der Waals surface area contributed by atoms with E-state index in [0.717, 1.165) is 163 Å². The Bertz CT molecular complexity index is 5090. The summed E-state index contributed by atoms with van der Waals surface area (Å²) in [7, 11) is 4.11. The van der Waals surface area contributed by atoms with Gasteiger partial charge in [0.25, 0.3) is 0 Å². The molecular weight excluding hydrogens is 1810 g/mol. The normalized spacial score (nSPS) is 15.5. The fraction of sp³-hybridized carbons (Fsp3) is 0.467. The van der Waals surface area contributed by atoms with Crippen molar-refractivity contribution in [3.05, 3.63) is 231 Å². The molecule has 0 aliphatic carbocycles.